The van der Waals surface area contributed by atoms with Crippen molar-refractivity contribution in [2.75, 3.05) is 5.32 Å². The van der Waals surface area contributed by atoms with Crippen molar-refractivity contribution >= 4 is 33.2 Å². The SMILES string of the molecule is CC1CCc2c(sc(NC(=O)c3coc4ccccc4c3=O)c2C#N)C1. The molecule has 0 spiro atoms. The van der Waals surface area contributed by atoms with Crippen LogP contribution in [0.25, 0.3) is 11.0 Å². The Bertz CT molecular complexity index is 1120. The number of carbonyl (C=O) groups is 1. The average molecular weight is 364 g/mol. The van der Waals surface area contributed by atoms with Crippen LogP contribution in [0.5, 0.6) is 0 Å². The summed E-state index contributed by atoms with van der Waals surface area (Å²) in [6.45, 7) is 2.19. The standard InChI is InChI=1S/C20H16N2O3S/c1-11-6-7-12-14(9-21)20(26-17(12)8-11)22-19(24)15-10-25-16-5-3-2-4-13(16)18(15)23/h2-5,10-11H,6-8H2,1H3,(H,22,24). The third-order valence-electron chi connectivity index (χ3n) is 4.78. The van der Waals surface area contributed by atoms with Crippen molar-refractivity contribution in [3.05, 3.63) is 62.3 Å². The van der Waals surface area contributed by atoms with Crippen LogP contribution >= 0.6 is 11.3 Å². The number of fused-ring (bicyclic) bond motifs is 2. The lowest BCUT2D eigenvalue weighted by Gasteiger charge is -2.17. The fourth-order valence-electron chi connectivity index (χ4n) is 3.36. The summed E-state index contributed by atoms with van der Waals surface area (Å²) in [5.74, 6) is 0.0245. The lowest BCUT2D eigenvalue weighted by atomic mass is 9.88. The zero-order valence-corrected chi connectivity index (χ0v) is 15.0. The molecule has 2 aromatic heterocycles. The zero-order chi connectivity index (χ0) is 18.3. The van der Waals surface area contributed by atoms with E-state index in [2.05, 4.69) is 18.3 Å². The topological polar surface area (TPSA) is 83.1 Å². The molecule has 1 aliphatic rings. The smallest absolute Gasteiger partial charge is 0.263 e. The lowest BCUT2D eigenvalue weighted by Crippen LogP contribution is -2.21. The number of amides is 1. The number of hydrogen-bond acceptors (Lipinski definition) is 5. The maximum absolute atomic E-state index is 12.7. The molecule has 0 saturated carbocycles. The summed E-state index contributed by atoms with van der Waals surface area (Å²) in [4.78, 5) is 26.4. The van der Waals surface area contributed by atoms with Crippen molar-refractivity contribution in [2.45, 2.75) is 26.2 Å². The van der Waals surface area contributed by atoms with Gasteiger partial charge in [-0.3, -0.25) is 9.59 Å². The Morgan fingerprint density at radius 3 is 3.00 bits per heavy atom. The molecule has 130 valence electrons. The van der Waals surface area contributed by atoms with E-state index < -0.39 is 5.91 Å². The Balaban J connectivity index is 1.71. The lowest BCUT2D eigenvalue weighted by molar-refractivity contribution is 0.102. The van der Waals surface area contributed by atoms with E-state index in [-0.39, 0.29) is 11.0 Å². The second kappa shape index (κ2) is 6.43. The van der Waals surface area contributed by atoms with E-state index >= 15 is 0 Å². The number of rotatable bonds is 2. The molecule has 1 aliphatic carbocycles. The molecular weight excluding hydrogens is 348 g/mol. The Hall–Kier alpha value is -2.91. The highest BCUT2D eigenvalue weighted by atomic mass is 32.1. The molecule has 0 bridgehead atoms. The Kier molecular flexibility index (Phi) is 4.09. The summed E-state index contributed by atoms with van der Waals surface area (Å²) in [5, 5.41) is 13.2. The van der Waals surface area contributed by atoms with E-state index in [0.717, 1.165) is 29.7 Å². The van der Waals surface area contributed by atoms with Crippen molar-refractivity contribution < 1.29 is 9.21 Å². The number of anilines is 1. The predicted molar refractivity (Wildman–Crippen MR) is 101 cm³/mol. The van der Waals surface area contributed by atoms with Gasteiger partial charge in [0.15, 0.2) is 0 Å². The highest BCUT2D eigenvalue weighted by molar-refractivity contribution is 7.16. The number of nitrogens with one attached hydrogen (secondary N) is 1. The normalized spacial score (nSPS) is 16.1. The van der Waals surface area contributed by atoms with Gasteiger partial charge in [0.25, 0.3) is 5.91 Å². The van der Waals surface area contributed by atoms with Crippen LogP contribution in [0, 0.1) is 17.2 Å². The number of nitriles is 1. The fraction of sp³-hybridized carbons (Fsp3) is 0.250. The van der Waals surface area contributed by atoms with Crippen molar-refractivity contribution in [1.82, 2.24) is 0 Å². The molecule has 1 amide bonds. The van der Waals surface area contributed by atoms with Crippen LogP contribution in [0.1, 0.15) is 39.7 Å². The molecule has 1 unspecified atom stereocenters. The molecule has 26 heavy (non-hydrogen) atoms. The van der Waals surface area contributed by atoms with Gasteiger partial charge in [-0.2, -0.15) is 5.26 Å². The molecule has 1 aromatic carbocycles. The van der Waals surface area contributed by atoms with E-state index in [1.807, 2.05) is 0 Å². The van der Waals surface area contributed by atoms with Crippen molar-refractivity contribution in [3.8, 4) is 6.07 Å². The number of carbonyl (C=O) groups excluding carboxylic acids is 1. The van der Waals surface area contributed by atoms with Gasteiger partial charge in [-0.15, -0.1) is 11.3 Å². The first-order valence-corrected chi connectivity index (χ1v) is 9.26. The summed E-state index contributed by atoms with van der Waals surface area (Å²) < 4.78 is 5.41. The molecule has 4 rings (SSSR count). The summed E-state index contributed by atoms with van der Waals surface area (Å²) in [6, 6.07) is 9.01. The molecule has 1 atom stereocenters. The summed E-state index contributed by atoms with van der Waals surface area (Å²) in [6.07, 6.45) is 3.99. The van der Waals surface area contributed by atoms with E-state index in [4.69, 9.17) is 4.42 Å². The number of thiophene rings is 1. The third-order valence-corrected chi connectivity index (χ3v) is 5.95. The van der Waals surface area contributed by atoms with Crippen LogP contribution in [0.4, 0.5) is 5.00 Å². The van der Waals surface area contributed by atoms with Gasteiger partial charge in [0.1, 0.15) is 28.5 Å². The van der Waals surface area contributed by atoms with Crippen LogP contribution in [-0.2, 0) is 12.8 Å². The molecule has 0 saturated heterocycles. The van der Waals surface area contributed by atoms with Crippen LogP contribution < -0.4 is 10.7 Å². The molecule has 2 heterocycles. The van der Waals surface area contributed by atoms with Gasteiger partial charge >= 0.3 is 0 Å². The third kappa shape index (κ3) is 2.71. The molecule has 5 nitrogen and oxygen atoms in total. The first-order valence-electron chi connectivity index (χ1n) is 8.45. The van der Waals surface area contributed by atoms with E-state index in [0.29, 0.717) is 27.5 Å². The Labute approximate surface area is 153 Å². The van der Waals surface area contributed by atoms with Crippen LogP contribution in [-0.4, -0.2) is 5.91 Å². The van der Waals surface area contributed by atoms with E-state index in [1.165, 1.54) is 17.6 Å². The minimum absolute atomic E-state index is 0.0627. The second-order valence-electron chi connectivity index (χ2n) is 6.60. The van der Waals surface area contributed by atoms with Crippen LogP contribution in [0.3, 0.4) is 0 Å². The van der Waals surface area contributed by atoms with Crippen molar-refractivity contribution in [2.24, 2.45) is 5.92 Å². The van der Waals surface area contributed by atoms with Gasteiger partial charge in [0.2, 0.25) is 5.43 Å². The monoisotopic (exact) mass is 364 g/mol. The van der Waals surface area contributed by atoms with E-state index in [1.54, 1.807) is 24.3 Å². The second-order valence-corrected chi connectivity index (χ2v) is 7.70. The number of para-hydroxylation sites is 1. The zero-order valence-electron chi connectivity index (χ0n) is 14.2. The number of benzene rings is 1. The predicted octanol–water partition coefficient (Wildman–Crippen LogP) is 4.10. The highest BCUT2D eigenvalue weighted by Crippen LogP contribution is 2.39. The maximum Gasteiger partial charge on any atom is 0.263 e. The minimum Gasteiger partial charge on any atom is -0.463 e. The molecule has 3 aromatic rings. The molecule has 0 radical (unpaired) electrons. The molecule has 0 aliphatic heterocycles. The number of nitrogens with zero attached hydrogens (tertiary/aromatic N) is 1. The highest BCUT2D eigenvalue weighted by Gasteiger charge is 2.25. The van der Waals surface area contributed by atoms with Gasteiger partial charge in [0.05, 0.1) is 10.9 Å². The van der Waals surface area contributed by atoms with E-state index in [9.17, 15) is 14.9 Å². The quantitative estimate of drug-likeness (QED) is 0.742. The maximum atomic E-state index is 12.7. The summed E-state index contributed by atoms with van der Waals surface area (Å²) in [5.41, 5.74) is 1.56. The average Bonchev–Trinajstić information content (AvgIpc) is 2.98. The molecule has 0 fully saturated rings. The van der Waals surface area contributed by atoms with Gasteiger partial charge in [0, 0.05) is 4.88 Å². The molecule has 6 heteroatoms. The Morgan fingerprint density at radius 1 is 1.38 bits per heavy atom. The summed E-state index contributed by atoms with van der Waals surface area (Å²) in [7, 11) is 0. The molecular formula is C20H16N2O3S. The first kappa shape index (κ1) is 16.6. The van der Waals surface area contributed by atoms with Crippen molar-refractivity contribution in [1.29, 1.82) is 5.26 Å². The van der Waals surface area contributed by atoms with Gasteiger partial charge in [-0.05, 0) is 42.9 Å². The van der Waals surface area contributed by atoms with Gasteiger partial charge in [-0.25, -0.2) is 0 Å². The first-order chi connectivity index (χ1) is 12.6. The van der Waals surface area contributed by atoms with Gasteiger partial charge < -0.3 is 9.73 Å². The fourth-order valence-corrected chi connectivity index (χ4v) is 4.72. The van der Waals surface area contributed by atoms with Gasteiger partial charge in [-0.1, -0.05) is 19.1 Å². The summed E-state index contributed by atoms with van der Waals surface area (Å²) >= 11 is 1.44. The Morgan fingerprint density at radius 2 is 2.19 bits per heavy atom. The minimum atomic E-state index is -0.548. The van der Waals surface area contributed by atoms with Crippen LogP contribution in [0.2, 0.25) is 0 Å². The number of hydrogen-bond donors (Lipinski definition) is 1. The van der Waals surface area contributed by atoms with Crippen LogP contribution in [0.15, 0.2) is 39.7 Å². The molecule has 1 N–H and O–H groups in total. The largest absolute Gasteiger partial charge is 0.463 e. The van der Waals surface area contributed by atoms with Crippen molar-refractivity contribution in [3.63, 3.8) is 0 Å².